The molecule has 5 heavy (non-hydrogen) atoms. The summed E-state index contributed by atoms with van der Waals surface area (Å²) in [4.78, 5) is 0. The standard InChI is InChI=1S/C2H6.C2H5.W/c2*1-2;/h1-2H3;1H2,2H3;/q;-1;. The van der Waals surface area contributed by atoms with E-state index < -0.39 is 0 Å². The van der Waals surface area contributed by atoms with Crippen molar-refractivity contribution in [2.75, 3.05) is 0 Å². The van der Waals surface area contributed by atoms with E-state index in [4.69, 9.17) is 0 Å². The van der Waals surface area contributed by atoms with E-state index in [-0.39, 0.29) is 21.1 Å². The molecule has 0 unspecified atom stereocenters. The van der Waals surface area contributed by atoms with Crippen molar-refractivity contribution >= 4 is 0 Å². The smallest absolute Gasteiger partial charge is 0 e. The molecule has 0 aromatic carbocycles. The van der Waals surface area contributed by atoms with Gasteiger partial charge in [0.15, 0.2) is 0 Å². The first-order valence-corrected chi connectivity index (χ1v) is 1.71. The predicted octanol–water partition coefficient (Wildman–Crippen LogP) is 1.86. The average molecular weight is 243 g/mol. The molecule has 0 N–H and O–H groups in total. The summed E-state index contributed by atoms with van der Waals surface area (Å²) in [5.41, 5.74) is 0. The zero-order valence-corrected chi connectivity index (χ0v) is 7.05. The van der Waals surface area contributed by atoms with E-state index in [9.17, 15) is 0 Å². The maximum absolute atomic E-state index is 3.25. The van der Waals surface area contributed by atoms with E-state index in [0.717, 1.165) is 0 Å². The van der Waals surface area contributed by atoms with Gasteiger partial charge >= 0.3 is 0 Å². The van der Waals surface area contributed by atoms with Crippen LogP contribution in [0.25, 0.3) is 0 Å². The normalized spacial score (nSPS) is 2.40. The summed E-state index contributed by atoms with van der Waals surface area (Å²) < 4.78 is 0. The van der Waals surface area contributed by atoms with E-state index >= 15 is 0 Å². The fourth-order valence-electron chi connectivity index (χ4n) is 0. The van der Waals surface area contributed by atoms with Crippen LogP contribution in [0.1, 0.15) is 20.8 Å². The molecule has 0 aromatic heterocycles. The Bertz CT molecular complexity index is 3.61. The molecule has 0 aromatic rings. The van der Waals surface area contributed by atoms with Crippen LogP contribution in [-0.4, -0.2) is 0 Å². The molecule has 0 saturated heterocycles. The van der Waals surface area contributed by atoms with Gasteiger partial charge in [0, 0.05) is 21.1 Å². The molecule has 0 aliphatic rings. The van der Waals surface area contributed by atoms with Gasteiger partial charge in [-0.25, -0.2) is 0 Å². The summed E-state index contributed by atoms with van der Waals surface area (Å²) in [6, 6.07) is 0. The summed E-state index contributed by atoms with van der Waals surface area (Å²) >= 11 is 0. The molecule has 0 heterocycles. The second kappa shape index (κ2) is 135. The van der Waals surface area contributed by atoms with Crippen molar-refractivity contribution in [3.05, 3.63) is 6.92 Å². The molecule has 0 radical (unpaired) electrons. The molecular formula is C4H11W-. The minimum absolute atomic E-state index is 0. The molecule has 0 fully saturated rings. The van der Waals surface area contributed by atoms with Crippen LogP contribution in [0.5, 0.6) is 0 Å². The third-order valence-electron chi connectivity index (χ3n) is 0. The molecule has 1 heteroatoms. The molecule has 0 aliphatic carbocycles. The van der Waals surface area contributed by atoms with Gasteiger partial charge in [-0.1, -0.05) is 13.8 Å². The van der Waals surface area contributed by atoms with Gasteiger partial charge < -0.3 is 6.92 Å². The third-order valence-corrected chi connectivity index (χ3v) is 0. The monoisotopic (exact) mass is 243 g/mol. The van der Waals surface area contributed by atoms with E-state index in [0.29, 0.717) is 0 Å². The molecule has 0 atom stereocenters. The third kappa shape index (κ3) is 71.5. The Morgan fingerprint density at radius 2 is 1.00 bits per heavy atom. The fraction of sp³-hybridized carbons (Fsp3) is 0.750. The molecule has 0 spiro atoms. The van der Waals surface area contributed by atoms with Gasteiger partial charge in [-0.2, -0.15) is 6.92 Å². The van der Waals surface area contributed by atoms with Gasteiger partial charge in [-0.3, -0.25) is 0 Å². The Morgan fingerprint density at radius 3 is 1.00 bits per heavy atom. The van der Waals surface area contributed by atoms with Gasteiger partial charge in [-0.15, -0.1) is 0 Å². The number of rotatable bonds is 0. The van der Waals surface area contributed by atoms with Crippen molar-refractivity contribution in [3.63, 3.8) is 0 Å². The quantitative estimate of drug-likeness (QED) is 0.569. The number of hydrogen-bond acceptors (Lipinski definition) is 0. The predicted molar refractivity (Wildman–Crippen MR) is 22.4 cm³/mol. The van der Waals surface area contributed by atoms with Crippen LogP contribution in [0, 0.1) is 6.92 Å². The Labute approximate surface area is 49.2 Å². The summed E-state index contributed by atoms with van der Waals surface area (Å²) in [7, 11) is 0. The van der Waals surface area contributed by atoms with Gasteiger partial charge in [0.25, 0.3) is 0 Å². The second-order valence-electron chi connectivity index (χ2n) is 0. The molecule has 0 rings (SSSR count). The molecule has 0 aliphatic heterocycles. The van der Waals surface area contributed by atoms with Crippen LogP contribution in [-0.2, 0) is 21.1 Å². The van der Waals surface area contributed by atoms with E-state index in [1.54, 1.807) is 6.92 Å². The van der Waals surface area contributed by atoms with Crippen LogP contribution in [0.2, 0.25) is 0 Å². The largest absolute Gasteiger partial charge is 0.346 e. The molecular weight excluding hydrogens is 232 g/mol. The van der Waals surface area contributed by atoms with Gasteiger partial charge in [0.1, 0.15) is 0 Å². The minimum Gasteiger partial charge on any atom is -0.346 e. The van der Waals surface area contributed by atoms with Crippen molar-refractivity contribution in [2.45, 2.75) is 20.8 Å². The topological polar surface area (TPSA) is 0 Å². The second-order valence-corrected chi connectivity index (χ2v) is 0. The average Bonchev–Trinajstić information content (AvgIpc) is 1.50. The van der Waals surface area contributed by atoms with Crippen LogP contribution in [0.4, 0.5) is 0 Å². The van der Waals surface area contributed by atoms with Crippen molar-refractivity contribution < 1.29 is 21.1 Å². The van der Waals surface area contributed by atoms with Gasteiger partial charge in [0.2, 0.25) is 0 Å². The van der Waals surface area contributed by atoms with Crippen molar-refractivity contribution in [2.24, 2.45) is 0 Å². The summed E-state index contributed by atoms with van der Waals surface area (Å²) in [5, 5.41) is 0. The fourth-order valence-corrected chi connectivity index (χ4v) is 0. The summed E-state index contributed by atoms with van der Waals surface area (Å²) in [6.07, 6.45) is 0. The van der Waals surface area contributed by atoms with E-state index in [1.807, 2.05) is 13.8 Å². The maximum Gasteiger partial charge on any atom is 0 e. The molecule has 0 bridgehead atoms. The zero-order valence-electron chi connectivity index (χ0n) is 4.12. The van der Waals surface area contributed by atoms with Crippen molar-refractivity contribution in [3.8, 4) is 0 Å². The van der Waals surface area contributed by atoms with E-state index in [2.05, 4.69) is 6.92 Å². The van der Waals surface area contributed by atoms with Crippen LogP contribution in [0.3, 0.4) is 0 Å². The van der Waals surface area contributed by atoms with Gasteiger partial charge in [-0.05, 0) is 0 Å². The SMILES string of the molecule is CC.[CH2-]C.[W]. The van der Waals surface area contributed by atoms with Crippen LogP contribution < -0.4 is 0 Å². The first kappa shape index (κ1) is 17.3. The van der Waals surface area contributed by atoms with Crippen molar-refractivity contribution in [1.82, 2.24) is 0 Å². The van der Waals surface area contributed by atoms with Crippen LogP contribution >= 0.6 is 0 Å². The van der Waals surface area contributed by atoms with Crippen LogP contribution in [0.15, 0.2) is 0 Å². The Morgan fingerprint density at radius 1 is 1.00 bits per heavy atom. The zero-order chi connectivity index (χ0) is 4.00. The maximum atomic E-state index is 3.25. The summed E-state index contributed by atoms with van der Waals surface area (Å²) in [6.45, 7) is 9.00. The minimum atomic E-state index is 0. The Hall–Kier alpha value is 0.688. The van der Waals surface area contributed by atoms with Crippen molar-refractivity contribution in [1.29, 1.82) is 0 Å². The molecule has 0 amide bonds. The number of hydrogen-bond donors (Lipinski definition) is 0. The first-order valence-electron chi connectivity index (χ1n) is 1.71. The first-order chi connectivity index (χ1) is 2.00. The van der Waals surface area contributed by atoms with E-state index in [1.165, 1.54) is 0 Å². The molecule has 0 nitrogen and oxygen atoms in total. The summed E-state index contributed by atoms with van der Waals surface area (Å²) in [5.74, 6) is 0. The molecule has 0 saturated carbocycles. The van der Waals surface area contributed by atoms with Gasteiger partial charge in [0.05, 0.1) is 0 Å². The Balaban J connectivity index is -0.0000000133. The Kier molecular flexibility index (Phi) is 466. The molecule has 34 valence electrons.